The zero-order valence-electron chi connectivity index (χ0n) is 12.8. The number of benzene rings is 2. The molecule has 118 valence electrons. The van der Waals surface area contributed by atoms with Crippen LogP contribution in [0.5, 0.6) is 0 Å². The Kier molecular flexibility index (Phi) is 3.55. The van der Waals surface area contributed by atoms with Crippen LogP contribution < -0.4 is 15.5 Å². The van der Waals surface area contributed by atoms with E-state index in [1.54, 1.807) is 12.3 Å². The van der Waals surface area contributed by atoms with E-state index in [0.717, 1.165) is 17.1 Å². The van der Waals surface area contributed by atoms with Gasteiger partial charge in [0.05, 0.1) is 11.4 Å². The molecule has 2 aromatic carbocycles. The van der Waals surface area contributed by atoms with Crippen molar-refractivity contribution in [1.29, 1.82) is 0 Å². The quantitative estimate of drug-likeness (QED) is 0.775. The molecule has 1 aliphatic rings. The van der Waals surface area contributed by atoms with Gasteiger partial charge in [0.25, 0.3) is 0 Å². The largest absolute Gasteiger partial charge is 0.324 e. The summed E-state index contributed by atoms with van der Waals surface area (Å²) in [5.74, 6) is 1.10. The number of hydrogen-bond acceptors (Lipinski definition) is 5. The predicted octanol–water partition coefficient (Wildman–Crippen LogP) is 3.31. The standard InChI is InChI=1S/C18H15N5O/c24-17-12-23(15-9-5-4-8-14(15)21-17)16-10-11-19-18(22-16)20-13-6-2-1-3-7-13/h1-11H,12H2,(H,21,24)(H,19,20,22). The van der Waals surface area contributed by atoms with E-state index in [1.165, 1.54) is 0 Å². The Labute approximate surface area is 139 Å². The normalized spacial score (nSPS) is 13.2. The van der Waals surface area contributed by atoms with Crippen molar-refractivity contribution in [2.75, 3.05) is 22.1 Å². The molecule has 6 heteroatoms. The number of aromatic nitrogens is 2. The third-order valence-corrected chi connectivity index (χ3v) is 3.72. The number of para-hydroxylation sites is 3. The number of nitrogens with one attached hydrogen (secondary N) is 2. The Bertz CT molecular complexity index is 881. The minimum absolute atomic E-state index is 0.0649. The van der Waals surface area contributed by atoms with Crippen LogP contribution in [0.3, 0.4) is 0 Å². The Morgan fingerprint density at radius 1 is 1.00 bits per heavy atom. The van der Waals surface area contributed by atoms with Crippen LogP contribution in [0.1, 0.15) is 0 Å². The summed E-state index contributed by atoms with van der Waals surface area (Å²) in [7, 11) is 0. The topological polar surface area (TPSA) is 70.2 Å². The molecule has 2 heterocycles. The molecule has 0 unspecified atom stereocenters. The van der Waals surface area contributed by atoms with Gasteiger partial charge in [-0.05, 0) is 30.3 Å². The van der Waals surface area contributed by atoms with Gasteiger partial charge < -0.3 is 15.5 Å². The number of carbonyl (C=O) groups is 1. The molecular weight excluding hydrogens is 302 g/mol. The number of anilines is 5. The maximum absolute atomic E-state index is 12.0. The van der Waals surface area contributed by atoms with E-state index in [9.17, 15) is 4.79 Å². The van der Waals surface area contributed by atoms with Gasteiger partial charge in [0.2, 0.25) is 11.9 Å². The van der Waals surface area contributed by atoms with E-state index in [2.05, 4.69) is 20.6 Å². The first-order valence-electron chi connectivity index (χ1n) is 7.61. The fraction of sp³-hybridized carbons (Fsp3) is 0.0556. The van der Waals surface area contributed by atoms with Gasteiger partial charge in [0.1, 0.15) is 12.4 Å². The molecule has 0 fully saturated rings. The second kappa shape index (κ2) is 6.00. The zero-order valence-corrected chi connectivity index (χ0v) is 12.8. The lowest BCUT2D eigenvalue weighted by atomic mass is 10.2. The molecule has 1 amide bonds. The van der Waals surface area contributed by atoms with Crippen LogP contribution in [-0.2, 0) is 4.79 Å². The molecule has 0 atom stereocenters. The van der Waals surface area contributed by atoms with Crippen LogP contribution in [0, 0.1) is 0 Å². The molecule has 6 nitrogen and oxygen atoms in total. The molecule has 0 saturated heterocycles. The zero-order chi connectivity index (χ0) is 16.4. The van der Waals surface area contributed by atoms with Crippen LogP contribution >= 0.6 is 0 Å². The van der Waals surface area contributed by atoms with Gasteiger partial charge >= 0.3 is 0 Å². The second-order valence-electron chi connectivity index (χ2n) is 5.38. The van der Waals surface area contributed by atoms with E-state index in [0.29, 0.717) is 11.8 Å². The summed E-state index contributed by atoms with van der Waals surface area (Å²) in [6.07, 6.45) is 1.68. The fourth-order valence-electron chi connectivity index (χ4n) is 2.65. The molecule has 0 radical (unpaired) electrons. The van der Waals surface area contributed by atoms with Crippen molar-refractivity contribution in [3.63, 3.8) is 0 Å². The van der Waals surface area contributed by atoms with Crippen molar-refractivity contribution in [2.24, 2.45) is 0 Å². The summed E-state index contributed by atoms with van der Waals surface area (Å²) in [6, 6.07) is 19.2. The molecule has 3 aromatic rings. The van der Waals surface area contributed by atoms with Crippen molar-refractivity contribution < 1.29 is 4.79 Å². The molecule has 24 heavy (non-hydrogen) atoms. The molecule has 0 aliphatic carbocycles. The smallest absolute Gasteiger partial charge is 0.244 e. The molecule has 4 rings (SSSR count). The van der Waals surface area contributed by atoms with Crippen molar-refractivity contribution >= 4 is 34.7 Å². The lowest BCUT2D eigenvalue weighted by molar-refractivity contribution is -0.115. The molecule has 0 bridgehead atoms. The maximum atomic E-state index is 12.0. The summed E-state index contributed by atoms with van der Waals surface area (Å²) >= 11 is 0. The first-order chi connectivity index (χ1) is 11.8. The molecule has 1 aliphatic heterocycles. The molecule has 1 aromatic heterocycles. The third-order valence-electron chi connectivity index (χ3n) is 3.72. The SMILES string of the molecule is O=C1CN(c2ccnc(Nc3ccccc3)n2)c2ccccc2N1. The number of carbonyl (C=O) groups excluding carboxylic acids is 1. The van der Waals surface area contributed by atoms with Crippen molar-refractivity contribution in [3.8, 4) is 0 Å². The lowest BCUT2D eigenvalue weighted by Crippen LogP contribution is -2.35. The summed E-state index contributed by atoms with van der Waals surface area (Å²) in [5.41, 5.74) is 2.61. The van der Waals surface area contributed by atoms with Crippen molar-refractivity contribution in [1.82, 2.24) is 9.97 Å². The highest BCUT2D eigenvalue weighted by molar-refractivity contribution is 6.02. The minimum Gasteiger partial charge on any atom is -0.324 e. The molecule has 2 N–H and O–H groups in total. The van der Waals surface area contributed by atoms with E-state index in [1.807, 2.05) is 59.5 Å². The van der Waals surface area contributed by atoms with E-state index >= 15 is 0 Å². The molecule has 0 spiro atoms. The van der Waals surface area contributed by atoms with Crippen molar-refractivity contribution in [3.05, 3.63) is 66.9 Å². The van der Waals surface area contributed by atoms with Gasteiger partial charge in [-0.1, -0.05) is 30.3 Å². The third kappa shape index (κ3) is 2.77. The summed E-state index contributed by atoms with van der Waals surface area (Å²) in [4.78, 5) is 22.7. The summed E-state index contributed by atoms with van der Waals surface area (Å²) in [6.45, 7) is 0.221. The van der Waals surface area contributed by atoms with Crippen LogP contribution in [0.4, 0.5) is 28.8 Å². The Morgan fingerprint density at radius 2 is 1.79 bits per heavy atom. The second-order valence-corrected chi connectivity index (χ2v) is 5.38. The van der Waals surface area contributed by atoms with E-state index in [4.69, 9.17) is 0 Å². The van der Waals surface area contributed by atoms with Crippen LogP contribution in [-0.4, -0.2) is 22.4 Å². The monoisotopic (exact) mass is 317 g/mol. The number of amides is 1. The average molecular weight is 317 g/mol. The first-order valence-corrected chi connectivity index (χ1v) is 7.61. The van der Waals surface area contributed by atoms with Gasteiger partial charge in [-0.25, -0.2) is 4.98 Å². The van der Waals surface area contributed by atoms with E-state index in [-0.39, 0.29) is 12.5 Å². The van der Waals surface area contributed by atoms with Gasteiger partial charge in [-0.3, -0.25) is 4.79 Å². The first kappa shape index (κ1) is 14.2. The highest BCUT2D eigenvalue weighted by Gasteiger charge is 2.23. The number of fused-ring (bicyclic) bond motifs is 1. The van der Waals surface area contributed by atoms with Crippen LogP contribution in [0.25, 0.3) is 0 Å². The van der Waals surface area contributed by atoms with Crippen molar-refractivity contribution in [2.45, 2.75) is 0 Å². The number of rotatable bonds is 3. The predicted molar refractivity (Wildman–Crippen MR) is 93.8 cm³/mol. The minimum atomic E-state index is -0.0649. The fourth-order valence-corrected chi connectivity index (χ4v) is 2.65. The number of hydrogen-bond donors (Lipinski definition) is 2. The summed E-state index contributed by atoms with van der Waals surface area (Å²) < 4.78 is 0. The van der Waals surface area contributed by atoms with Crippen LogP contribution in [0.15, 0.2) is 66.9 Å². The molecular formula is C18H15N5O. The molecule has 0 saturated carbocycles. The van der Waals surface area contributed by atoms with Gasteiger partial charge in [-0.2, -0.15) is 4.98 Å². The summed E-state index contributed by atoms with van der Waals surface area (Å²) in [5, 5.41) is 6.04. The highest BCUT2D eigenvalue weighted by Crippen LogP contribution is 2.33. The van der Waals surface area contributed by atoms with Gasteiger partial charge in [0.15, 0.2) is 0 Å². The number of nitrogens with zero attached hydrogens (tertiary/aromatic N) is 3. The van der Waals surface area contributed by atoms with E-state index < -0.39 is 0 Å². The Balaban J connectivity index is 1.68. The van der Waals surface area contributed by atoms with Gasteiger partial charge in [-0.15, -0.1) is 0 Å². The maximum Gasteiger partial charge on any atom is 0.244 e. The average Bonchev–Trinajstić information content (AvgIpc) is 2.62. The highest BCUT2D eigenvalue weighted by atomic mass is 16.2. The van der Waals surface area contributed by atoms with Gasteiger partial charge in [0, 0.05) is 11.9 Å². The van der Waals surface area contributed by atoms with Crippen LogP contribution in [0.2, 0.25) is 0 Å². The Hall–Kier alpha value is -3.41. The Morgan fingerprint density at radius 3 is 2.67 bits per heavy atom. The lowest BCUT2D eigenvalue weighted by Gasteiger charge is -2.30.